The molecule has 0 aliphatic rings. The molecule has 2 rings (SSSR count). The van der Waals surface area contributed by atoms with Crippen molar-refractivity contribution in [3.05, 3.63) is 42.0 Å². The quantitative estimate of drug-likeness (QED) is 0.821. The van der Waals surface area contributed by atoms with Crippen LogP contribution in [0, 0.1) is 0 Å². The smallest absolute Gasteiger partial charge is 0.133 e. The fourth-order valence-corrected chi connectivity index (χ4v) is 2.02. The largest absolute Gasteiger partial charge is 0.508 e. The Bertz CT molecular complexity index is 506. The molecule has 1 heterocycles. The van der Waals surface area contributed by atoms with Gasteiger partial charge in [-0.15, -0.1) is 10.2 Å². The average molecular weight is 260 g/mol. The summed E-state index contributed by atoms with van der Waals surface area (Å²) in [5.41, 5.74) is 1.22. The number of hydrogen-bond acceptors (Lipinski definition) is 4. The Labute approximate surface area is 113 Å². The summed E-state index contributed by atoms with van der Waals surface area (Å²) < 4.78 is 1.94. The second-order valence-corrected chi connectivity index (χ2v) is 4.83. The van der Waals surface area contributed by atoms with Crippen LogP contribution in [0.4, 0.5) is 0 Å². The molecule has 0 amide bonds. The highest BCUT2D eigenvalue weighted by Crippen LogP contribution is 2.11. The number of benzene rings is 1. The van der Waals surface area contributed by atoms with E-state index >= 15 is 0 Å². The summed E-state index contributed by atoms with van der Waals surface area (Å²) in [5.74, 6) is 1.30. The number of phenolic OH excluding ortho intramolecular Hbond substituents is 1. The maximum Gasteiger partial charge on any atom is 0.133 e. The lowest BCUT2D eigenvalue weighted by Crippen LogP contribution is -2.30. The van der Waals surface area contributed by atoms with Gasteiger partial charge in [0.05, 0.1) is 0 Å². The van der Waals surface area contributed by atoms with E-state index in [2.05, 4.69) is 22.4 Å². The van der Waals surface area contributed by atoms with Crippen LogP contribution in [0.2, 0.25) is 0 Å². The lowest BCUT2D eigenvalue weighted by Gasteiger charge is -2.13. The van der Waals surface area contributed by atoms with Gasteiger partial charge in [0.15, 0.2) is 0 Å². The Kier molecular flexibility index (Phi) is 4.52. The maximum atomic E-state index is 9.23. The van der Waals surface area contributed by atoms with Gasteiger partial charge in [0, 0.05) is 26.1 Å². The molecule has 2 N–H and O–H groups in total. The zero-order valence-corrected chi connectivity index (χ0v) is 11.4. The van der Waals surface area contributed by atoms with Crippen LogP contribution in [0.1, 0.15) is 18.3 Å². The standard InChI is InChI=1S/C14H20N4O/c1-11(9-12-3-5-13(19)6-4-12)15-8-7-14-17-16-10-18(14)2/h3-6,10-11,15,19H,7-9H2,1-2H3. The van der Waals surface area contributed by atoms with Crippen molar-refractivity contribution in [1.82, 2.24) is 20.1 Å². The van der Waals surface area contributed by atoms with E-state index < -0.39 is 0 Å². The number of aryl methyl sites for hydroxylation is 1. The van der Waals surface area contributed by atoms with Gasteiger partial charge in [-0.2, -0.15) is 0 Å². The zero-order chi connectivity index (χ0) is 13.7. The Balaban J connectivity index is 1.74. The molecule has 1 aromatic carbocycles. The van der Waals surface area contributed by atoms with Gasteiger partial charge in [-0.3, -0.25) is 0 Å². The van der Waals surface area contributed by atoms with Crippen LogP contribution < -0.4 is 5.32 Å². The fraction of sp³-hybridized carbons (Fsp3) is 0.429. The molecule has 0 fully saturated rings. The topological polar surface area (TPSA) is 63.0 Å². The molecule has 0 aliphatic heterocycles. The number of nitrogens with zero attached hydrogens (tertiary/aromatic N) is 3. The van der Waals surface area contributed by atoms with Gasteiger partial charge in [-0.25, -0.2) is 0 Å². The van der Waals surface area contributed by atoms with Crippen LogP contribution in [0.5, 0.6) is 5.75 Å². The molecule has 1 unspecified atom stereocenters. The molecule has 1 aromatic heterocycles. The lowest BCUT2D eigenvalue weighted by molar-refractivity contribution is 0.474. The average Bonchev–Trinajstić information content (AvgIpc) is 2.78. The molecule has 0 bridgehead atoms. The zero-order valence-electron chi connectivity index (χ0n) is 11.4. The first-order chi connectivity index (χ1) is 9.15. The molecule has 0 saturated heterocycles. The highest BCUT2D eigenvalue weighted by atomic mass is 16.3. The second-order valence-electron chi connectivity index (χ2n) is 4.83. The molecule has 0 spiro atoms. The molecule has 19 heavy (non-hydrogen) atoms. The van der Waals surface area contributed by atoms with E-state index in [1.165, 1.54) is 5.56 Å². The highest BCUT2D eigenvalue weighted by molar-refractivity contribution is 5.26. The van der Waals surface area contributed by atoms with E-state index in [1.807, 2.05) is 23.7 Å². The fourth-order valence-electron chi connectivity index (χ4n) is 2.02. The summed E-state index contributed by atoms with van der Waals surface area (Å²) >= 11 is 0. The summed E-state index contributed by atoms with van der Waals surface area (Å²) in [5, 5.41) is 20.6. The molecule has 1 atom stereocenters. The van der Waals surface area contributed by atoms with Crippen LogP contribution in [0.3, 0.4) is 0 Å². The maximum absolute atomic E-state index is 9.23. The summed E-state index contributed by atoms with van der Waals surface area (Å²) in [6, 6.07) is 7.74. The first kappa shape index (κ1) is 13.5. The third-order valence-electron chi connectivity index (χ3n) is 3.12. The first-order valence-corrected chi connectivity index (χ1v) is 6.49. The third-order valence-corrected chi connectivity index (χ3v) is 3.12. The normalized spacial score (nSPS) is 12.5. The number of rotatable bonds is 6. The molecule has 5 nitrogen and oxygen atoms in total. The third kappa shape index (κ3) is 4.06. The Hall–Kier alpha value is -1.88. The van der Waals surface area contributed by atoms with Gasteiger partial charge in [0.25, 0.3) is 0 Å². The van der Waals surface area contributed by atoms with E-state index in [4.69, 9.17) is 0 Å². The Morgan fingerprint density at radius 3 is 2.68 bits per heavy atom. The van der Waals surface area contributed by atoms with Crippen LogP contribution in [-0.2, 0) is 19.9 Å². The number of aromatic hydroxyl groups is 1. The van der Waals surface area contributed by atoms with Gasteiger partial charge < -0.3 is 15.0 Å². The highest BCUT2D eigenvalue weighted by Gasteiger charge is 2.05. The van der Waals surface area contributed by atoms with E-state index in [-0.39, 0.29) is 0 Å². The predicted octanol–water partition coefficient (Wildman–Crippen LogP) is 1.28. The first-order valence-electron chi connectivity index (χ1n) is 6.49. The molecule has 0 radical (unpaired) electrons. The van der Waals surface area contributed by atoms with Gasteiger partial charge in [-0.05, 0) is 31.0 Å². The lowest BCUT2D eigenvalue weighted by atomic mass is 10.1. The molecular weight excluding hydrogens is 240 g/mol. The molecule has 2 aromatic rings. The molecule has 5 heteroatoms. The second kappa shape index (κ2) is 6.33. The van der Waals surface area contributed by atoms with E-state index in [1.54, 1.807) is 18.5 Å². The van der Waals surface area contributed by atoms with Crippen molar-refractivity contribution in [2.24, 2.45) is 7.05 Å². The van der Waals surface area contributed by atoms with Crippen molar-refractivity contribution in [2.45, 2.75) is 25.8 Å². The van der Waals surface area contributed by atoms with E-state index in [0.29, 0.717) is 11.8 Å². The van der Waals surface area contributed by atoms with Crippen molar-refractivity contribution in [2.75, 3.05) is 6.54 Å². The van der Waals surface area contributed by atoms with Crippen molar-refractivity contribution in [3.63, 3.8) is 0 Å². The minimum atomic E-state index is 0.312. The number of hydrogen-bond donors (Lipinski definition) is 2. The van der Waals surface area contributed by atoms with Crippen molar-refractivity contribution in [3.8, 4) is 5.75 Å². The summed E-state index contributed by atoms with van der Waals surface area (Å²) in [7, 11) is 1.95. The predicted molar refractivity (Wildman–Crippen MR) is 74.0 cm³/mol. The van der Waals surface area contributed by atoms with Crippen LogP contribution in [0.25, 0.3) is 0 Å². The summed E-state index contributed by atoms with van der Waals surface area (Å²) in [6.45, 7) is 3.04. The van der Waals surface area contributed by atoms with Gasteiger partial charge in [-0.1, -0.05) is 12.1 Å². The van der Waals surface area contributed by atoms with Gasteiger partial charge in [0.1, 0.15) is 17.9 Å². The number of aromatic nitrogens is 3. The molecule has 102 valence electrons. The van der Waals surface area contributed by atoms with E-state index in [9.17, 15) is 5.11 Å². The van der Waals surface area contributed by atoms with Crippen molar-refractivity contribution in [1.29, 1.82) is 0 Å². The molecule has 0 aliphatic carbocycles. The molecular formula is C14H20N4O. The van der Waals surface area contributed by atoms with E-state index in [0.717, 1.165) is 25.2 Å². The van der Waals surface area contributed by atoms with Crippen molar-refractivity contribution < 1.29 is 5.11 Å². The van der Waals surface area contributed by atoms with Crippen LogP contribution in [0.15, 0.2) is 30.6 Å². The number of nitrogens with one attached hydrogen (secondary N) is 1. The Morgan fingerprint density at radius 1 is 1.32 bits per heavy atom. The minimum Gasteiger partial charge on any atom is -0.508 e. The number of phenols is 1. The van der Waals surface area contributed by atoms with Crippen LogP contribution in [-0.4, -0.2) is 32.5 Å². The van der Waals surface area contributed by atoms with Crippen molar-refractivity contribution >= 4 is 0 Å². The molecule has 0 saturated carbocycles. The van der Waals surface area contributed by atoms with Gasteiger partial charge in [0.2, 0.25) is 0 Å². The summed E-state index contributed by atoms with van der Waals surface area (Å²) in [4.78, 5) is 0. The van der Waals surface area contributed by atoms with Crippen LogP contribution >= 0.6 is 0 Å². The Morgan fingerprint density at radius 2 is 2.05 bits per heavy atom. The minimum absolute atomic E-state index is 0.312. The SMILES string of the molecule is CC(Cc1ccc(O)cc1)NCCc1nncn1C. The monoisotopic (exact) mass is 260 g/mol. The summed E-state index contributed by atoms with van der Waals surface area (Å²) in [6.07, 6.45) is 3.53. The van der Waals surface area contributed by atoms with Gasteiger partial charge >= 0.3 is 0 Å².